The lowest BCUT2D eigenvalue weighted by molar-refractivity contribution is -0.116. The van der Waals surface area contributed by atoms with Crippen molar-refractivity contribution in [3.63, 3.8) is 0 Å². The van der Waals surface area contributed by atoms with Crippen LogP contribution in [0.1, 0.15) is 16.1 Å². The number of nitrogens with zero attached hydrogens (tertiary/aromatic N) is 2. The fourth-order valence-corrected chi connectivity index (χ4v) is 3.25. The van der Waals surface area contributed by atoms with E-state index in [0.717, 1.165) is 0 Å². The van der Waals surface area contributed by atoms with Gasteiger partial charge >= 0.3 is 0 Å². The maximum atomic E-state index is 13.1. The molecule has 160 valence electrons. The summed E-state index contributed by atoms with van der Waals surface area (Å²) in [4.78, 5) is 42.8. The Hall–Kier alpha value is -4.33. The number of anilines is 2. The van der Waals surface area contributed by atoms with E-state index >= 15 is 0 Å². The monoisotopic (exact) mass is 430 g/mol. The first-order chi connectivity index (χ1) is 15.4. The lowest BCUT2D eigenvalue weighted by atomic mass is 10.1. The zero-order chi connectivity index (χ0) is 22.7. The molecule has 0 radical (unpaired) electrons. The third kappa shape index (κ3) is 4.54. The molecule has 0 bridgehead atoms. The molecule has 2 amide bonds. The molecule has 32 heavy (non-hydrogen) atoms. The molecule has 2 heterocycles. The van der Waals surface area contributed by atoms with E-state index < -0.39 is 23.1 Å². The van der Waals surface area contributed by atoms with Gasteiger partial charge in [-0.05, 0) is 55.5 Å². The Balaban J connectivity index is 1.70. The summed E-state index contributed by atoms with van der Waals surface area (Å²) in [7, 11) is 0. The molecule has 2 aromatic carbocycles. The summed E-state index contributed by atoms with van der Waals surface area (Å²) in [6.45, 7) is 1.57. The van der Waals surface area contributed by atoms with Crippen LogP contribution in [0.2, 0.25) is 0 Å². The highest BCUT2D eigenvalue weighted by Crippen LogP contribution is 2.14. The molecule has 0 fully saturated rings. The van der Waals surface area contributed by atoms with Crippen molar-refractivity contribution in [1.82, 2.24) is 9.55 Å². The van der Waals surface area contributed by atoms with Crippen molar-refractivity contribution in [1.29, 1.82) is 0 Å². The number of benzene rings is 2. The standard InChI is InChI=1S/C24H19FN4O3/c1-15-7-12-19-22(31)20(24(32)28-17-5-3-2-4-6-17)13-29(23(19)26-15)14-21(30)27-18-10-8-16(25)9-11-18/h2-13H,14H2,1H3,(H,27,30)(H,28,32). The quantitative estimate of drug-likeness (QED) is 0.505. The van der Waals surface area contributed by atoms with E-state index in [9.17, 15) is 18.8 Å². The highest BCUT2D eigenvalue weighted by Gasteiger charge is 2.18. The smallest absolute Gasteiger partial charge is 0.261 e. The van der Waals surface area contributed by atoms with Gasteiger partial charge in [-0.15, -0.1) is 0 Å². The van der Waals surface area contributed by atoms with Crippen molar-refractivity contribution in [2.24, 2.45) is 0 Å². The lowest BCUT2D eigenvalue weighted by Gasteiger charge is -2.13. The maximum Gasteiger partial charge on any atom is 0.261 e. The van der Waals surface area contributed by atoms with Gasteiger partial charge in [0.25, 0.3) is 5.91 Å². The van der Waals surface area contributed by atoms with Gasteiger partial charge in [-0.25, -0.2) is 9.37 Å². The molecule has 2 aromatic heterocycles. The highest BCUT2D eigenvalue weighted by atomic mass is 19.1. The lowest BCUT2D eigenvalue weighted by Crippen LogP contribution is -2.27. The SMILES string of the molecule is Cc1ccc2c(=O)c(C(=O)Nc3ccccc3)cn(CC(=O)Nc3ccc(F)cc3)c2n1. The summed E-state index contributed by atoms with van der Waals surface area (Å²) in [5.74, 6) is -1.42. The molecule has 4 aromatic rings. The predicted octanol–water partition coefficient (Wildman–Crippen LogP) is 3.74. The first-order valence-electron chi connectivity index (χ1n) is 9.83. The summed E-state index contributed by atoms with van der Waals surface area (Å²) in [5.41, 5.74) is 1.33. The second-order valence-electron chi connectivity index (χ2n) is 7.20. The van der Waals surface area contributed by atoms with E-state index in [1.54, 1.807) is 43.3 Å². The van der Waals surface area contributed by atoms with Gasteiger partial charge in [0.05, 0.1) is 5.39 Å². The fraction of sp³-hybridized carbons (Fsp3) is 0.0833. The van der Waals surface area contributed by atoms with Gasteiger partial charge in [0, 0.05) is 23.3 Å². The number of nitrogens with one attached hydrogen (secondary N) is 2. The highest BCUT2D eigenvalue weighted by molar-refractivity contribution is 6.05. The van der Waals surface area contributed by atoms with Gasteiger partial charge < -0.3 is 15.2 Å². The van der Waals surface area contributed by atoms with Gasteiger partial charge in [0.2, 0.25) is 11.3 Å². The fourth-order valence-electron chi connectivity index (χ4n) is 3.25. The van der Waals surface area contributed by atoms with E-state index in [4.69, 9.17) is 0 Å². The molecular weight excluding hydrogens is 411 g/mol. The number of hydrogen-bond donors (Lipinski definition) is 2. The first kappa shape index (κ1) is 20.9. The Morgan fingerprint density at radius 1 is 0.938 bits per heavy atom. The van der Waals surface area contributed by atoms with Crippen LogP contribution in [0, 0.1) is 12.7 Å². The van der Waals surface area contributed by atoms with Gasteiger partial charge in [-0.3, -0.25) is 14.4 Å². The normalized spacial score (nSPS) is 10.7. The zero-order valence-electron chi connectivity index (χ0n) is 17.1. The van der Waals surface area contributed by atoms with Gasteiger partial charge in [-0.2, -0.15) is 0 Å². The first-order valence-corrected chi connectivity index (χ1v) is 9.83. The third-order valence-electron chi connectivity index (χ3n) is 4.78. The van der Waals surface area contributed by atoms with E-state index in [0.29, 0.717) is 22.7 Å². The molecule has 2 N–H and O–H groups in total. The van der Waals surface area contributed by atoms with Crippen LogP contribution in [-0.2, 0) is 11.3 Å². The predicted molar refractivity (Wildman–Crippen MR) is 120 cm³/mol. The Morgan fingerprint density at radius 3 is 2.34 bits per heavy atom. The summed E-state index contributed by atoms with van der Waals surface area (Å²) < 4.78 is 14.6. The van der Waals surface area contributed by atoms with Crippen LogP contribution < -0.4 is 16.1 Å². The van der Waals surface area contributed by atoms with Crippen LogP contribution >= 0.6 is 0 Å². The molecule has 0 aliphatic heterocycles. The number of aryl methyl sites for hydroxylation is 1. The summed E-state index contributed by atoms with van der Waals surface area (Å²) in [6, 6.07) is 17.4. The zero-order valence-corrected chi connectivity index (χ0v) is 17.1. The van der Waals surface area contributed by atoms with Crippen molar-refractivity contribution >= 4 is 34.2 Å². The minimum absolute atomic E-state index is 0.110. The molecule has 0 saturated carbocycles. The van der Waals surface area contributed by atoms with Gasteiger partial charge in [-0.1, -0.05) is 18.2 Å². The Labute approximate surface area is 182 Å². The van der Waals surface area contributed by atoms with Crippen molar-refractivity contribution in [3.05, 3.63) is 100 Å². The number of carbonyl (C=O) groups excluding carboxylic acids is 2. The van der Waals surface area contributed by atoms with E-state index in [-0.39, 0.29) is 17.5 Å². The summed E-state index contributed by atoms with van der Waals surface area (Å²) in [5, 5.41) is 5.59. The number of para-hydroxylation sites is 1. The molecule has 0 saturated heterocycles. The van der Waals surface area contributed by atoms with E-state index in [1.165, 1.54) is 35.0 Å². The molecule has 8 heteroatoms. The van der Waals surface area contributed by atoms with Crippen LogP contribution in [0.15, 0.2) is 77.7 Å². The van der Waals surface area contributed by atoms with Crippen LogP contribution in [0.25, 0.3) is 11.0 Å². The number of rotatable bonds is 5. The van der Waals surface area contributed by atoms with Gasteiger partial charge in [0.1, 0.15) is 23.6 Å². The number of hydrogen-bond acceptors (Lipinski definition) is 4. The molecular formula is C24H19FN4O3. The second-order valence-corrected chi connectivity index (χ2v) is 7.20. The van der Waals surface area contributed by atoms with Crippen LogP contribution in [-0.4, -0.2) is 21.4 Å². The van der Waals surface area contributed by atoms with Crippen LogP contribution in [0.4, 0.5) is 15.8 Å². The Kier molecular flexibility index (Phi) is 5.76. The number of carbonyl (C=O) groups is 2. The minimum Gasteiger partial charge on any atom is -0.325 e. The van der Waals surface area contributed by atoms with Crippen molar-refractivity contribution < 1.29 is 14.0 Å². The maximum absolute atomic E-state index is 13.1. The van der Waals surface area contributed by atoms with Crippen molar-refractivity contribution in [3.8, 4) is 0 Å². The Morgan fingerprint density at radius 2 is 1.62 bits per heavy atom. The average Bonchev–Trinajstić information content (AvgIpc) is 2.78. The molecule has 0 unspecified atom stereocenters. The Bertz CT molecular complexity index is 1370. The molecule has 0 aliphatic carbocycles. The van der Waals surface area contributed by atoms with E-state index in [2.05, 4.69) is 15.6 Å². The molecule has 7 nitrogen and oxygen atoms in total. The number of aromatic nitrogens is 2. The number of amides is 2. The second kappa shape index (κ2) is 8.81. The molecule has 4 rings (SSSR count). The summed E-state index contributed by atoms with van der Waals surface area (Å²) in [6.07, 6.45) is 1.33. The molecule has 0 aliphatic rings. The van der Waals surface area contributed by atoms with Crippen LogP contribution in [0.5, 0.6) is 0 Å². The topological polar surface area (TPSA) is 93.1 Å². The number of fused-ring (bicyclic) bond motifs is 1. The molecule has 0 atom stereocenters. The van der Waals surface area contributed by atoms with Gasteiger partial charge in [0.15, 0.2) is 0 Å². The minimum atomic E-state index is -0.587. The van der Waals surface area contributed by atoms with Crippen LogP contribution in [0.3, 0.4) is 0 Å². The summed E-state index contributed by atoms with van der Waals surface area (Å²) >= 11 is 0. The number of halogens is 1. The van der Waals surface area contributed by atoms with E-state index in [1.807, 2.05) is 6.07 Å². The average molecular weight is 430 g/mol. The third-order valence-corrected chi connectivity index (χ3v) is 4.78. The molecule has 0 spiro atoms. The largest absolute Gasteiger partial charge is 0.325 e. The van der Waals surface area contributed by atoms with Crippen molar-refractivity contribution in [2.75, 3.05) is 10.6 Å². The van der Waals surface area contributed by atoms with Crippen molar-refractivity contribution in [2.45, 2.75) is 13.5 Å². The number of pyridine rings is 2.